The van der Waals surface area contributed by atoms with E-state index in [0.29, 0.717) is 40.4 Å². The van der Waals surface area contributed by atoms with Crippen LogP contribution in [0.5, 0.6) is 0 Å². The molecule has 13 heteroatoms. The van der Waals surface area contributed by atoms with E-state index in [1.807, 2.05) is 48.5 Å². The minimum atomic E-state index is -0.482. The number of ether oxygens (including phenoxy) is 2. The van der Waals surface area contributed by atoms with E-state index in [-0.39, 0.29) is 98.9 Å². The van der Waals surface area contributed by atoms with Crippen LogP contribution in [0.15, 0.2) is 72.8 Å². The summed E-state index contributed by atoms with van der Waals surface area (Å²) in [6, 6.07) is 28.6. The second-order valence-electron chi connectivity index (χ2n) is 10.3. The van der Waals surface area contributed by atoms with E-state index in [0.717, 1.165) is 41.7 Å². The number of halogens is 5. The standard InChI is InChI=1S/2C11H10ClNO.C8H6ClN.C3H5BrO.2CH3.HI.Li.Mg/c12-10-3-1-8(2-4-10)9(6-13)5-11-7-14-11;12-9-3-1-8(2-4-9)11(7-13)5-10(14)6-11;9-8-3-1-7(2-4-8)5-6-10;4-1-3-2-5-3;;;;;/h1-4,9,11H,5,7H2;1-4,10,14H,5-6H2;1-4H,5H2;3H,1-2H2;2*1H3;1H;;/q;;;;2*-1;;+1;+2/p-1. The molecule has 1 N–H and O–H groups in total. The summed E-state index contributed by atoms with van der Waals surface area (Å²) in [5.74, 6) is -0.0697. The van der Waals surface area contributed by atoms with Gasteiger partial charge in [-0.05, 0) is 72.4 Å². The van der Waals surface area contributed by atoms with Crippen LogP contribution in [0.2, 0.25) is 15.1 Å². The Bertz CT molecular complexity index is 1430. The number of alkyl halides is 1. The van der Waals surface area contributed by atoms with Gasteiger partial charge in [-0.25, -0.2) is 0 Å². The molecule has 3 aromatic rings. The summed E-state index contributed by atoms with van der Waals surface area (Å²) in [5.41, 5.74) is 2.50. The SMILES string of the molecule is BrCC1CO1.N#CC(CC1CO1)c1ccc(Cl)cc1.N#CC1(c2ccc(Cl)cc2)CC(O)C1.N#CCc1ccc(Cl)cc1.[CH3-].[CH3-].[I-].[Li+].[Mg+2]. The van der Waals surface area contributed by atoms with Gasteiger partial charge in [0.05, 0.1) is 67.5 Å². The van der Waals surface area contributed by atoms with E-state index in [4.69, 9.17) is 60.1 Å². The number of benzene rings is 3. The summed E-state index contributed by atoms with van der Waals surface area (Å²) in [7, 11) is 0. The van der Waals surface area contributed by atoms with Crippen LogP contribution in [0.25, 0.3) is 0 Å². The topological polar surface area (TPSA) is 117 Å². The monoisotopic (exact) mass is 889 g/mol. The molecule has 0 aromatic heterocycles. The van der Waals surface area contributed by atoms with Crippen molar-refractivity contribution < 1.29 is 57.4 Å². The Hall–Kier alpha value is -0.546. The molecule has 1 aliphatic carbocycles. The summed E-state index contributed by atoms with van der Waals surface area (Å²) >= 11 is 20.4. The molecule has 2 saturated heterocycles. The molecule has 3 atom stereocenters. The molecule has 48 heavy (non-hydrogen) atoms. The molecule has 0 spiro atoms. The molecule has 248 valence electrons. The molecule has 2 heterocycles. The molecular formula is C35H37BrCl3ILiMgN3O3. The molecule has 2 aliphatic heterocycles. The Kier molecular flexibility index (Phi) is 29.3. The van der Waals surface area contributed by atoms with Crippen molar-refractivity contribution in [3.8, 4) is 18.2 Å². The zero-order valence-electron chi connectivity index (χ0n) is 27.4. The van der Waals surface area contributed by atoms with E-state index in [1.54, 1.807) is 24.3 Å². The number of aliphatic hydroxyl groups excluding tert-OH is 1. The Morgan fingerprint density at radius 1 is 0.812 bits per heavy atom. The molecule has 6 nitrogen and oxygen atoms in total. The Labute approximate surface area is 354 Å². The van der Waals surface area contributed by atoms with Gasteiger partial charge in [0.1, 0.15) is 0 Å². The number of nitrogens with zero attached hydrogens (tertiary/aromatic N) is 3. The summed E-state index contributed by atoms with van der Waals surface area (Å²) in [6.45, 7) is 1.76. The minimum absolute atomic E-state index is 0. The van der Waals surface area contributed by atoms with Gasteiger partial charge in [0.2, 0.25) is 0 Å². The summed E-state index contributed by atoms with van der Waals surface area (Å²) < 4.78 is 9.92. The molecule has 3 aliphatic rings. The van der Waals surface area contributed by atoms with Crippen molar-refractivity contribution in [1.82, 2.24) is 0 Å². The van der Waals surface area contributed by atoms with Gasteiger partial charge in [0.25, 0.3) is 0 Å². The predicted molar refractivity (Wildman–Crippen MR) is 191 cm³/mol. The maximum Gasteiger partial charge on any atom is 2.00 e. The van der Waals surface area contributed by atoms with Gasteiger partial charge in [-0.15, -0.1) is 0 Å². The normalized spacial score (nSPS) is 20.5. The van der Waals surface area contributed by atoms with Crippen LogP contribution in [0.1, 0.15) is 41.9 Å². The van der Waals surface area contributed by atoms with E-state index >= 15 is 0 Å². The van der Waals surface area contributed by atoms with Crippen molar-refractivity contribution in [2.24, 2.45) is 0 Å². The molecule has 3 fully saturated rings. The molecule has 3 unspecified atom stereocenters. The molecule has 0 bridgehead atoms. The predicted octanol–water partition coefficient (Wildman–Crippen LogP) is 2.71. The summed E-state index contributed by atoms with van der Waals surface area (Å²) in [5, 5.41) is 38.7. The minimum Gasteiger partial charge on any atom is -1.00 e. The third kappa shape index (κ3) is 18.6. The third-order valence-electron chi connectivity index (χ3n) is 6.88. The van der Waals surface area contributed by atoms with Crippen molar-refractivity contribution in [2.45, 2.75) is 55.3 Å². The Morgan fingerprint density at radius 2 is 1.25 bits per heavy atom. The Balaban J connectivity index is -0.000000568. The Morgan fingerprint density at radius 3 is 1.58 bits per heavy atom. The number of aliphatic hydroxyl groups is 1. The zero-order chi connectivity index (χ0) is 31.2. The number of hydrogen-bond donors (Lipinski definition) is 1. The van der Waals surface area contributed by atoms with Crippen molar-refractivity contribution >= 4 is 73.8 Å². The van der Waals surface area contributed by atoms with Gasteiger partial charge in [-0.2, -0.15) is 15.8 Å². The molecule has 6 rings (SSSR count). The van der Waals surface area contributed by atoms with Crippen molar-refractivity contribution in [3.63, 3.8) is 0 Å². The number of rotatable bonds is 6. The van der Waals surface area contributed by atoms with E-state index in [1.165, 1.54) is 0 Å². The van der Waals surface area contributed by atoms with Gasteiger partial charge in [-0.1, -0.05) is 87.1 Å². The second kappa shape index (κ2) is 27.2. The fraction of sp³-hybridized carbons (Fsp3) is 0.343. The van der Waals surface area contributed by atoms with Crippen molar-refractivity contribution in [1.29, 1.82) is 15.8 Å². The number of nitriles is 3. The summed E-state index contributed by atoms with van der Waals surface area (Å²) in [6.07, 6.45) is 2.82. The fourth-order valence-electron chi connectivity index (χ4n) is 4.18. The maximum absolute atomic E-state index is 9.25. The van der Waals surface area contributed by atoms with Crippen LogP contribution in [0.3, 0.4) is 0 Å². The van der Waals surface area contributed by atoms with Crippen LogP contribution in [-0.4, -0.2) is 65.0 Å². The number of epoxide rings is 2. The van der Waals surface area contributed by atoms with E-state index < -0.39 is 5.41 Å². The second-order valence-corrected chi connectivity index (χ2v) is 12.2. The largest absolute Gasteiger partial charge is 2.00 e. The maximum atomic E-state index is 9.25. The molecule has 0 amide bonds. The van der Waals surface area contributed by atoms with Crippen LogP contribution in [0, 0.1) is 48.8 Å². The van der Waals surface area contributed by atoms with Crippen molar-refractivity contribution in [2.75, 3.05) is 18.5 Å². The first-order valence-corrected chi connectivity index (χ1v) is 15.9. The first-order valence-electron chi connectivity index (χ1n) is 13.6. The van der Waals surface area contributed by atoms with E-state index in [9.17, 15) is 5.11 Å². The van der Waals surface area contributed by atoms with Crippen LogP contribution in [0.4, 0.5) is 0 Å². The average molecular weight is 892 g/mol. The van der Waals surface area contributed by atoms with Crippen LogP contribution < -0.4 is 42.8 Å². The molecular weight excluding hydrogens is 855 g/mol. The third-order valence-corrected chi connectivity index (χ3v) is 8.36. The first kappa shape index (κ1) is 51.8. The summed E-state index contributed by atoms with van der Waals surface area (Å²) in [4.78, 5) is 0. The van der Waals surface area contributed by atoms with Gasteiger partial charge < -0.3 is 53.4 Å². The fourth-order valence-corrected chi connectivity index (χ4v) is 4.93. The van der Waals surface area contributed by atoms with Gasteiger partial charge in [0.15, 0.2) is 0 Å². The molecule has 3 aromatic carbocycles. The van der Waals surface area contributed by atoms with E-state index in [2.05, 4.69) is 34.1 Å². The van der Waals surface area contributed by atoms with Gasteiger partial charge in [0, 0.05) is 20.4 Å². The zero-order valence-corrected chi connectivity index (χ0v) is 34.8. The average Bonchev–Trinajstić information content (AvgIpc) is 3.93. The molecule has 0 radical (unpaired) electrons. The quantitative estimate of drug-likeness (QED) is 0.134. The smallest absolute Gasteiger partial charge is 1.00 e. The van der Waals surface area contributed by atoms with Gasteiger partial charge >= 0.3 is 41.9 Å². The van der Waals surface area contributed by atoms with Crippen molar-refractivity contribution in [3.05, 3.63) is 119 Å². The van der Waals surface area contributed by atoms with Crippen LogP contribution in [-0.2, 0) is 21.3 Å². The first-order chi connectivity index (χ1) is 20.7. The molecule has 1 saturated carbocycles. The van der Waals surface area contributed by atoms with Gasteiger partial charge in [-0.3, -0.25) is 0 Å². The van der Waals surface area contributed by atoms with Crippen LogP contribution >= 0.6 is 50.7 Å². The number of hydrogen-bond acceptors (Lipinski definition) is 6.